The normalized spacial score (nSPS) is 37.4. The van der Waals surface area contributed by atoms with Gasteiger partial charge >= 0.3 is 0 Å². The quantitative estimate of drug-likeness (QED) is 0.547. The molecule has 0 bridgehead atoms. The Hall–Kier alpha value is 0.0600. The van der Waals surface area contributed by atoms with Crippen LogP contribution in [0.3, 0.4) is 0 Å². The molecule has 0 amide bonds. The topological polar surface area (TPSA) is 58.9 Å². The third-order valence-corrected chi connectivity index (χ3v) is 2.81. The van der Waals surface area contributed by atoms with Crippen molar-refractivity contribution in [3.05, 3.63) is 12.7 Å². The van der Waals surface area contributed by atoms with E-state index in [4.69, 9.17) is 14.6 Å². The van der Waals surface area contributed by atoms with Crippen molar-refractivity contribution in [3.63, 3.8) is 0 Å². The Bertz CT molecular complexity index is 186. The molecule has 0 aliphatic carbocycles. The van der Waals surface area contributed by atoms with Gasteiger partial charge < -0.3 is 19.7 Å². The average molecular weight is 267 g/mol. The highest BCUT2D eigenvalue weighted by atomic mass is 79.9. The van der Waals surface area contributed by atoms with E-state index in [-0.39, 0.29) is 12.7 Å². The fourth-order valence-electron chi connectivity index (χ4n) is 1.47. The monoisotopic (exact) mass is 266 g/mol. The summed E-state index contributed by atoms with van der Waals surface area (Å²) in [6.45, 7) is 3.71. The molecule has 1 rings (SSSR count). The second kappa shape index (κ2) is 5.82. The molecule has 1 aliphatic heterocycles. The third-order valence-electron chi connectivity index (χ3n) is 2.17. The molecule has 0 spiro atoms. The van der Waals surface area contributed by atoms with Crippen LogP contribution in [0, 0.1) is 0 Å². The van der Waals surface area contributed by atoms with E-state index in [9.17, 15) is 5.11 Å². The van der Waals surface area contributed by atoms with Crippen molar-refractivity contribution in [2.24, 2.45) is 0 Å². The van der Waals surface area contributed by atoms with Crippen molar-refractivity contribution in [2.45, 2.75) is 24.4 Å². The number of alkyl halides is 1. The predicted molar refractivity (Wildman–Crippen MR) is 55.5 cm³/mol. The van der Waals surface area contributed by atoms with Crippen LogP contribution < -0.4 is 0 Å². The van der Waals surface area contributed by atoms with Gasteiger partial charge in [-0.1, -0.05) is 22.0 Å². The number of aliphatic hydroxyl groups is 2. The van der Waals surface area contributed by atoms with Gasteiger partial charge in [-0.2, -0.15) is 0 Å². The Kier molecular flexibility index (Phi) is 5.05. The van der Waals surface area contributed by atoms with E-state index < -0.39 is 18.3 Å². The highest BCUT2D eigenvalue weighted by Gasteiger charge is 2.43. The Balaban J connectivity index is 2.55. The molecule has 4 atom stereocenters. The molecule has 1 fully saturated rings. The van der Waals surface area contributed by atoms with Crippen molar-refractivity contribution in [1.29, 1.82) is 0 Å². The lowest BCUT2D eigenvalue weighted by molar-refractivity contribution is -0.0450. The number of halogens is 1. The van der Waals surface area contributed by atoms with Gasteiger partial charge in [-0.05, 0) is 0 Å². The Morgan fingerprint density at radius 3 is 2.71 bits per heavy atom. The van der Waals surface area contributed by atoms with E-state index in [1.165, 1.54) is 0 Å². The highest BCUT2D eigenvalue weighted by Crippen LogP contribution is 2.24. The highest BCUT2D eigenvalue weighted by molar-refractivity contribution is 9.09. The van der Waals surface area contributed by atoms with Gasteiger partial charge in [-0.25, -0.2) is 0 Å². The van der Waals surface area contributed by atoms with Gasteiger partial charge in [0.05, 0.1) is 19.3 Å². The standard InChI is InChI=1S/C9H15BrO4/c1-2-3-13-9-7(5-11)14-6(4-10)8(9)12/h2,6-9,11-12H,1,3-5H2. The van der Waals surface area contributed by atoms with Crippen LogP contribution in [0.1, 0.15) is 0 Å². The van der Waals surface area contributed by atoms with Crippen LogP contribution in [0.5, 0.6) is 0 Å². The molecule has 0 saturated carbocycles. The van der Waals surface area contributed by atoms with E-state index >= 15 is 0 Å². The summed E-state index contributed by atoms with van der Waals surface area (Å²) in [6.07, 6.45) is -0.343. The number of aliphatic hydroxyl groups excluding tert-OH is 2. The molecule has 0 aromatic carbocycles. The molecule has 14 heavy (non-hydrogen) atoms. The molecule has 5 heteroatoms. The SMILES string of the molecule is C=CCOC1C(CO)OC(CBr)C1O. The Morgan fingerprint density at radius 1 is 1.50 bits per heavy atom. The van der Waals surface area contributed by atoms with Crippen molar-refractivity contribution in [3.8, 4) is 0 Å². The summed E-state index contributed by atoms with van der Waals surface area (Å²) < 4.78 is 10.7. The van der Waals surface area contributed by atoms with Crippen LogP contribution in [0.4, 0.5) is 0 Å². The van der Waals surface area contributed by atoms with Crippen LogP contribution in [0.15, 0.2) is 12.7 Å². The lowest BCUT2D eigenvalue weighted by Crippen LogP contribution is -2.37. The number of hydrogen-bond donors (Lipinski definition) is 2. The van der Waals surface area contributed by atoms with Gasteiger partial charge in [0.2, 0.25) is 0 Å². The van der Waals surface area contributed by atoms with Gasteiger partial charge in [0.25, 0.3) is 0 Å². The molecule has 1 aliphatic rings. The first-order valence-electron chi connectivity index (χ1n) is 4.47. The fraction of sp³-hybridized carbons (Fsp3) is 0.778. The molecular formula is C9H15BrO4. The van der Waals surface area contributed by atoms with Crippen LogP contribution in [-0.4, -0.2) is 53.2 Å². The zero-order chi connectivity index (χ0) is 10.6. The molecule has 1 heterocycles. The van der Waals surface area contributed by atoms with Crippen molar-refractivity contribution >= 4 is 15.9 Å². The zero-order valence-corrected chi connectivity index (χ0v) is 9.39. The molecule has 0 aromatic rings. The summed E-state index contributed by atoms with van der Waals surface area (Å²) in [5.74, 6) is 0. The van der Waals surface area contributed by atoms with Crippen molar-refractivity contribution in [1.82, 2.24) is 0 Å². The zero-order valence-electron chi connectivity index (χ0n) is 7.80. The van der Waals surface area contributed by atoms with Gasteiger partial charge in [-0.15, -0.1) is 6.58 Å². The molecule has 82 valence electrons. The summed E-state index contributed by atoms with van der Waals surface area (Å²) in [4.78, 5) is 0. The maximum absolute atomic E-state index is 9.75. The summed E-state index contributed by atoms with van der Waals surface area (Å²) in [5.41, 5.74) is 0. The summed E-state index contributed by atoms with van der Waals surface area (Å²) in [5, 5.41) is 19.3. The molecular weight excluding hydrogens is 252 g/mol. The van der Waals surface area contributed by atoms with Gasteiger partial charge in [0.15, 0.2) is 0 Å². The van der Waals surface area contributed by atoms with Gasteiger partial charge in [0.1, 0.15) is 18.3 Å². The Labute approximate surface area is 91.6 Å². The second-order valence-electron chi connectivity index (χ2n) is 3.13. The van der Waals surface area contributed by atoms with Gasteiger partial charge in [-0.3, -0.25) is 0 Å². The fourth-order valence-corrected chi connectivity index (χ4v) is 2.01. The lowest BCUT2D eigenvalue weighted by Gasteiger charge is -2.18. The first-order valence-corrected chi connectivity index (χ1v) is 5.59. The molecule has 4 unspecified atom stereocenters. The largest absolute Gasteiger partial charge is 0.394 e. The molecule has 4 nitrogen and oxygen atoms in total. The summed E-state index contributed by atoms with van der Waals surface area (Å²) in [7, 11) is 0. The maximum Gasteiger partial charge on any atom is 0.115 e. The first kappa shape index (κ1) is 12.1. The minimum atomic E-state index is -0.702. The van der Waals surface area contributed by atoms with Crippen molar-refractivity contribution < 1.29 is 19.7 Å². The minimum Gasteiger partial charge on any atom is -0.394 e. The molecule has 0 aromatic heterocycles. The van der Waals surface area contributed by atoms with Crippen LogP contribution >= 0.6 is 15.9 Å². The second-order valence-corrected chi connectivity index (χ2v) is 3.77. The van der Waals surface area contributed by atoms with E-state index in [2.05, 4.69) is 22.5 Å². The predicted octanol–water partition coefficient (Wildman–Crippen LogP) is 0.0731. The smallest absolute Gasteiger partial charge is 0.115 e. The van der Waals surface area contributed by atoms with Crippen LogP contribution in [0.25, 0.3) is 0 Å². The van der Waals surface area contributed by atoms with E-state index in [1.54, 1.807) is 6.08 Å². The first-order chi connectivity index (χ1) is 6.74. The van der Waals surface area contributed by atoms with Crippen LogP contribution in [-0.2, 0) is 9.47 Å². The number of rotatable bonds is 5. The Morgan fingerprint density at radius 2 is 2.21 bits per heavy atom. The van der Waals surface area contributed by atoms with E-state index in [0.717, 1.165) is 0 Å². The van der Waals surface area contributed by atoms with Crippen molar-refractivity contribution in [2.75, 3.05) is 18.5 Å². The van der Waals surface area contributed by atoms with Crippen LogP contribution in [0.2, 0.25) is 0 Å². The maximum atomic E-state index is 9.75. The van der Waals surface area contributed by atoms with E-state index in [1.807, 2.05) is 0 Å². The average Bonchev–Trinajstić information content (AvgIpc) is 2.52. The number of hydrogen-bond acceptors (Lipinski definition) is 4. The third kappa shape index (κ3) is 2.55. The minimum absolute atomic E-state index is 0.150. The molecule has 1 saturated heterocycles. The number of ether oxygens (including phenoxy) is 2. The summed E-state index contributed by atoms with van der Waals surface area (Å²) >= 11 is 3.23. The molecule has 2 N–H and O–H groups in total. The van der Waals surface area contributed by atoms with Gasteiger partial charge in [0, 0.05) is 5.33 Å². The van der Waals surface area contributed by atoms with E-state index in [0.29, 0.717) is 11.9 Å². The lowest BCUT2D eigenvalue weighted by atomic mass is 10.1. The molecule has 0 radical (unpaired) electrons. The summed E-state index contributed by atoms with van der Waals surface area (Å²) in [6, 6.07) is 0.